The lowest BCUT2D eigenvalue weighted by molar-refractivity contribution is 0.101. The standard InChI is InChI=1S/C16H12N2O2/c1-10(19)14-15(11-6-8-17-9-7-11)12-4-2-3-5-13(12)18-16(14)20/h2-9H,1H3,(H,18,20). The molecule has 0 fully saturated rings. The molecule has 1 aromatic carbocycles. The molecule has 0 aliphatic heterocycles. The lowest BCUT2D eigenvalue weighted by Gasteiger charge is -2.10. The van der Waals surface area contributed by atoms with E-state index in [1.54, 1.807) is 24.5 Å². The molecule has 4 nitrogen and oxygen atoms in total. The molecule has 98 valence electrons. The van der Waals surface area contributed by atoms with Crippen molar-refractivity contribution < 1.29 is 4.79 Å². The van der Waals surface area contributed by atoms with Crippen LogP contribution in [0.1, 0.15) is 17.3 Å². The lowest BCUT2D eigenvalue weighted by Crippen LogP contribution is -2.18. The predicted octanol–water partition coefficient (Wildman–Crippen LogP) is 2.79. The zero-order chi connectivity index (χ0) is 14.1. The highest BCUT2D eigenvalue weighted by atomic mass is 16.1. The Bertz CT molecular complexity index is 851. The van der Waals surface area contributed by atoms with E-state index in [9.17, 15) is 9.59 Å². The number of nitrogens with zero attached hydrogens (tertiary/aromatic N) is 1. The molecule has 3 rings (SSSR count). The molecular formula is C16H12N2O2. The van der Waals surface area contributed by atoms with Crippen molar-refractivity contribution in [2.45, 2.75) is 6.92 Å². The number of Topliss-reactive ketones (excluding diaryl/α,β-unsaturated/α-hetero) is 1. The van der Waals surface area contributed by atoms with Crippen molar-refractivity contribution in [2.75, 3.05) is 0 Å². The van der Waals surface area contributed by atoms with E-state index in [1.807, 2.05) is 24.3 Å². The number of benzene rings is 1. The molecule has 0 atom stereocenters. The number of nitrogens with one attached hydrogen (secondary N) is 1. The highest BCUT2D eigenvalue weighted by Crippen LogP contribution is 2.29. The van der Waals surface area contributed by atoms with Crippen LogP contribution in [0.4, 0.5) is 0 Å². The van der Waals surface area contributed by atoms with Crippen molar-refractivity contribution in [1.82, 2.24) is 9.97 Å². The molecule has 2 aromatic heterocycles. The van der Waals surface area contributed by atoms with Gasteiger partial charge in [-0.2, -0.15) is 0 Å². The summed E-state index contributed by atoms with van der Waals surface area (Å²) >= 11 is 0. The molecule has 0 aliphatic rings. The maximum absolute atomic E-state index is 12.2. The number of pyridine rings is 2. The lowest BCUT2D eigenvalue weighted by atomic mass is 9.95. The van der Waals surface area contributed by atoms with Gasteiger partial charge in [0, 0.05) is 28.9 Å². The summed E-state index contributed by atoms with van der Waals surface area (Å²) in [6, 6.07) is 11.1. The molecule has 1 N–H and O–H groups in total. The van der Waals surface area contributed by atoms with Crippen LogP contribution in [0.5, 0.6) is 0 Å². The van der Waals surface area contributed by atoms with E-state index in [-0.39, 0.29) is 16.9 Å². The van der Waals surface area contributed by atoms with E-state index < -0.39 is 0 Å². The fraction of sp³-hybridized carbons (Fsp3) is 0.0625. The smallest absolute Gasteiger partial charge is 0.259 e. The van der Waals surface area contributed by atoms with Crippen molar-refractivity contribution >= 4 is 16.7 Å². The summed E-state index contributed by atoms with van der Waals surface area (Å²) in [5.41, 5.74) is 2.03. The second-order valence-corrected chi connectivity index (χ2v) is 4.54. The Hall–Kier alpha value is -2.75. The van der Waals surface area contributed by atoms with Gasteiger partial charge >= 0.3 is 0 Å². The Kier molecular flexibility index (Phi) is 2.91. The summed E-state index contributed by atoms with van der Waals surface area (Å²) in [7, 11) is 0. The fourth-order valence-corrected chi connectivity index (χ4v) is 2.40. The number of para-hydroxylation sites is 1. The second-order valence-electron chi connectivity index (χ2n) is 4.54. The van der Waals surface area contributed by atoms with Gasteiger partial charge in [0.2, 0.25) is 0 Å². The second kappa shape index (κ2) is 4.74. The maximum atomic E-state index is 12.2. The molecular weight excluding hydrogens is 252 g/mol. The molecule has 0 radical (unpaired) electrons. The van der Waals surface area contributed by atoms with Crippen LogP contribution in [-0.2, 0) is 0 Å². The number of hydrogen-bond acceptors (Lipinski definition) is 3. The van der Waals surface area contributed by atoms with Gasteiger partial charge in [0.05, 0.1) is 5.56 Å². The number of H-pyrrole nitrogens is 1. The largest absolute Gasteiger partial charge is 0.321 e. The van der Waals surface area contributed by atoms with Crippen LogP contribution in [0.25, 0.3) is 22.0 Å². The third kappa shape index (κ3) is 1.91. The van der Waals surface area contributed by atoms with Crippen molar-refractivity contribution in [3.05, 3.63) is 64.7 Å². The van der Waals surface area contributed by atoms with Gasteiger partial charge < -0.3 is 4.98 Å². The number of hydrogen-bond donors (Lipinski definition) is 1. The zero-order valence-electron chi connectivity index (χ0n) is 10.9. The molecule has 0 unspecified atom stereocenters. The van der Waals surface area contributed by atoms with Crippen LogP contribution in [0, 0.1) is 0 Å². The van der Waals surface area contributed by atoms with Crippen LogP contribution in [0.3, 0.4) is 0 Å². The van der Waals surface area contributed by atoms with Crippen LogP contribution >= 0.6 is 0 Å². The third-order valence-electron chi connectivity index (χ3n) is 3.24. The predicted molar refractivity (Wildman–Crippen MR) is 77.8 cm³/mol. The molecule has 0 bridgehead atoms. The number of carbonyl (C=O) groups excluding carboxylic acids is 1. The van der Waals surface area contributed by atoms with Crippen molar-refractivity contribution in [1.29, 1.82) is 0 Å². The summed E-state index contributed by atoms with van der Waals surface area (Å²) < 4.78 is 0. The van der Waals surface area contributed by atoms with Crippen molar-refractivity contribution in [2.24, 2.45) is 0 Å². The maximum Gasteiger partial charge on any atom is 0.259 e. The molecule has 4 heteroatoms. The van der Waals surface area contributed by atoms with Crippen molar-refractivity contribution in [3.8, 4) is 11.1 Å². The van der Waals surface area contributed by atoms with Gasteiger partial charge in [0.25, 0.3) is 5.56 Å². The Morgan fingerprint density at radius 3 is 2.50 bits per heavy atom. The Balaban J connectivity index is 2.52. The molecule has 0 saturated carbocycles. The topological polar surface area (TPSA) is 62.8 Å². The molecule has 0 amide bonds. The van der Waals surface area contributed by atoms with Crippen molar-refractivity contribution in [3.63, 3.8) is 0 Å². The summed E-state index contributed by atoms with van der Waals surface area (Å²) in [6.07, 6.45) is 3.30. The van der Waals surface area contributed by atoms with Crippen LogP contribution in [0.15, 0.2) is 53.6 Å². The fourth-order valence-electron chi connectivity index (χ4n) is 2.40. The number of aromatic nitrogens is 2. The Morgan fingerprint density at radius 1 is 1.10 bits per heavy atom. The number of aromatic amines is 1. The summed E-state index contributed by atoms with van der Waals surface area (Å²) in [4.78, 5) is 30.8. The van der Waals surface area contributed by atoms with Gasteiger partial charge in [-0.25, -0.2) is 0 Å². The molecule has 2 heterocycles. The molecule has 0 spiro atoms. The van der Waals surface area contributed by atoms with Crippen LogP contribution in [-0.4, -0.2) is 15.8 Å². The van der Waals surface area contributed by atoms with Gasteiger partial charge in [-0.15, -0.1) is 0 Å². The minimum Gasteiger partial charge on any atom is -0.321 e. The van der Waals surface area contributed by atoms with Gasteiger partial charge in [-0.05, 0) is 30.7 Å². The number of carbonyl (C=O) groups is 1. The summed E-state index contributed by atoms with van der Waals surface area (Å²) in [5, 5.41) is 0.850. The number of rotatable bonds is 2. The van der Waals surface area contributed by atoms with Gasteiger partial charge in [0.15, 0.2) is 5.78 Å². The van der Waals surface area contributed by atoms with E-state index in [0.717, 1.165) is 10.9 Å². The Labute approximate surface area is 115 Å². The Morgan fingerprint density at radius 2 is 1.80 bits per heavy atom. The van der Waals surface area contributed by atoms with Crippen LogP contribution in [0.2, 0.25) is 0 Å². The normalized spacial score (nSPS) is 10.7. The first-order chi connectivity index (χ1) is 9.68. The van der Waals surface area contributed by atoms with E-state index >= 15 is 0 Å². The van der Waals surface area contributed by atoms with Crippen LogP contribution < -0.4 is 5.56 Å². The summed E-state index contributed by atoms with van der Waals surface area (Å²) in [6.45, 7) is 1.41. The number of fused-ring (bicyclic) bond motifs is 1. The van der Waals surface area contributed by atoms with E-state index in [4.69, 9.17) is 0 Å². The minimum absolute atomic E-state index is 0.190. The molecule has 20 heavy (non-hydrogen) atoms. The number of ketones is 1. The van der Waals surface area contributed by atoms with E-state index in [2.05, 4.69) is 9.97 Å². The first-order valence-electron chi connectivity index (χ1n) is 6.25. The van der Waals surface area contributed by atoms with Gasteiger partial charge in [-0.3, -0.25) is 14.6 Å². The average Bonchev–Trinajstić information content (AvgIpc) is 2.46. The average molecular weight is 264 g/mol. The van der Waals surface area contributed by atoms with E-state index in [1.165, 1.54) is 6.92 Å². The molecule has 0 aliphatic carbocycles. The molecule has 3 aromatic rings. The van der Waals surface area contributed by atoms with Gasteiger partial charge in [-0.1, -0.05) is 18.2 Å². The SMILES string of the molecule is CC(=O)c1c(-c2ccncc2)c2ccccc2[nH]c1=O. The first kappa shape index (κ1) is 12.3. The quantitative estimate of drug-likeness (QED) is 0.724. The summed E-state index contributed by atoms with van der Waals surface area (Å²) in [5.74, 6) is -0.246. The highest BCUT2D eigenvalue weighted by molar-refractivity contribution is 6.08. The monoisotopic (exact) mass is 264 g/mol. The molecule has 0 saturated heterocycles. The van der Waals surface area contributed by atoms with Gasteiger partial charge in [0.1, 0.15) is 0 Å². The third-order valence-corrected chi connectivity index (χ3v) is 3.24. The first-order valence-corrected chi connectivity index (χ1v) is 6.25. The zero-order valence-corrected chi connectivity index (χ0v) is 10.9. The van der Waals surface area contributed by atoms with E-state index in [0.29, 0.717) is 11.1 Å². The highest BCUT2D eigenvalue weighted by Gasteiger charge is 2.17. The minimum atomic E-state index is -0.358.